The molecule has 0 radical (unpaired) electrons. The van der Waals surface area contributed by atoms with E-state index in [9.17, 15) is 4.39 Å². The zero-order valence-corrected chi connectivity index (χ0v) is 11.6. The van der Waals surface area contributed by atoms with Gasteiger partial charge in [-0.05, 0) is 0 Å². The zero-order valence-electron chi connectivity index (χ0n) is 8.45. The molecule has 0 N–H and O–H groups in total. The van der Waals surface area contributed by atoms with Crippen molar-refractivity contribution in [3.05, 3.63) is 17.3 Å². The first-order valence-corrected chi connectivity index (χ1v) is 6.75. The Kier molecular flexibility index (Phi) is 2.44. The van der Waals surface area contributed by atoms with Gasteiger partial charge < -0.3 is 0 Å². The molecular formula is C10H10AsClFN3. The standard InChI is InChI=1S/C10H10AsClFN3/c11-8-7-6(13)4-16(5-2-1-3-5)9(7)15-10(12)14-8/h4-5H,1-3,11H2. The molecule has 3 rings (SSSR count). The van der Waals surface area contributed by atoms with Crippen molar-refractivity contribution in [1.82, 2.24) is 14.5 Å². The van der Waals surface area contributed by atoms with Crippen LogP contribution in [0.1, 0.15) is 25.3 Å². The monoisotopic (exact) mass is 301 g/mol. The van der Waals surface area contributed by atoms with Crippen LogP contribution in [0, 0.1) is 5.82 Å². The van der Waals surface area contributed by atoms with Crippen molar-refractivity contribution in [1.29, 1.82) is 0 Å². The molecule has 1 aliphatic rings. The van der Waals surface area contributed by atoms with Crippen LogP contribution in [0.4, 0.5) is 4.39 Å². The summed E-state index contributed by atoms with van der Waals surface area (Å²) in [6.07, 6.45) is 4.92. The molecule has 0 bridgehead atoms. The number of rotatable bonds is 1. The van der Waals surface area contributed by atoms with Crippen molar-refractivity contribution in [3.63, 3.8) is 0 Å². The van der Waals surface area contributed by atoms with Crippen LogP contribution in [0.2, 0.25) is 5.28 Å². The Hall–Kier alpha value is -0.602. The molecule has 0 amide bonds. The van der Waals surface area contributed by atoms with Crippen molar-refractivity contribution in [2.75, 3.05) is 0 Å². The van der Waals surface area contributed by atoms with Crippen molar-refractivity contribution >= 4 is 44.0 Å². The van der Waals surface area contributed by atoms with Crippen LogP contribution in [0.3, 0.4) is 0 Å². The quantitative estimate of drug-likeness (QED) is 0.585. The summed E-state index contributed by atoms with van der Waals surface area (Å²) >= 11 is 7.09. The predicted octanol–water partition coefficient (Wildman–Crippen LogP) is 1.21. The molecule has 3 nitrogen and oxygen atoms in total. The Morgan fingerprint density at radius 2 is 2.19 bits per heavy atom. The first kappa shape index (κ1) is 10.5. The van der Waals surface area contributed by atoms with Gasteiger partial charge >= 0.3 is 105 Å². The summed E-state index contributed by atoms with van der Waals surface area (Å²) < 4.78 is 16.4. The van der Waals surface area contributed by atoms with Crippen LogP contribution >= 0.6 is 11.6 Å². The molecular weight excluding hydrogens is 292 g/mol. The minimum absolute atomic E-state index is 0.200. The van der Waals surface area contributed by atoms with Crippen LogP contribution in [0.15, 0.2) is 6.20 Å². The summed E-state index contributed by atoms with van der Waals surface area (Å²) in [5.74, 6) is -0.238. The van der Waals surface area contributed by atoms with Gasteiger partial charge in [-0.2, -0.15) is 0 Å². The SMILES string of the molecule is Fc1cn(C2CCC2)c2nc(Cl)nc([AsH2])c12. The fraction of sp³-hybridized carbons (Fsp3) is 0.400. The number of fused-ring (bicyclic) bond motifs is 1. The van der Waals surface area contributed by atoms with Crippen molar-refractivity contribution in [2.24, 2.45) is 0 Å². The molecule has 2 heterocycles. The fourth-order valence-corrected chi connectivity index (χ4v) is 3.20. The molecule has 0 saturated heterocycles. The van der Waals surface area contributed by atoms with Gasteiger partial charge in [0, 0.05) is 0 Å². The van der Waals surface area contributed by atoms with E-state index in [1.807, 2.05) is 4.57 Å². The van der Waals surface area contributed by atoms with E-state index in [-0.39, 0.29) is 11.1 Å². The molecule has 1 unspecified atom stereocenters. The Morgan fingerprint density at radius 3 is 2.81 bits per heavy atom. The van der Waals surface area contributed by atoms with Crippen LogP contribution in [0.25, 0.3) is 11.0 Å². The normalized spacial score (nSPS) is 16.7. The average Bonchev–Trinajstić information content (AvgIpc) is 2.40. The van der Waals surface area contributed by atoms with Crippen LogP contribution in [0.5, 0.6) is 0 Å². The molecule has 84 valence electrons. The number of nitrogens with zero attached hydrogens (tertiary/aromatic N) is 3. The van der Waals surface area contributed by atoms with Gasteiger partial charge in [-0.1, -0.05) is 0 Å². The third kappa shape index (κ3) is 1.47. The molecule has 0 aromatic carbocycles. The maximum absolute atomic E-state index is 13.8. The Morgan fingerprint density at radius 1 is 1.44 bits per heavy atom. The third-order valence-corrected chi connectivity index (χ3v) is 4.14. The predicted molar refractivity (Wildman–Crippen MR) is 63.6 cm³/mol. The van der Waals surface area contributed by atoms with Crippen molar-refractivity contribution in [3.8, 4) is 0 Å². The topological polar surface area (TPSA) is 30.7 Å². The second kappa shape index (κ2) is 3.71. The second-order valence-corrected chi connectivity index (χ2v) is 5.53. The molecule has 6 heteroatoms. The van der Waals surface area contributed by atoms with Gasteiger partial charge in [-0.25, -0.2) is 0 Å². The van der Waals surface area contributed by atoms with Gasteiger partial charge in [0.25, 0.3) is 0 Å². The third-order valence-electron chi connectivity index (χ3n) is 3.09. The summed E-state index contributed by atoms with van der Waals surface area (Å²) in [4.78, 5) is 8.16. The Bertz CT molecular complexity index is 565. The zero-order chi connectivity index (χ0) is 11.3. The second-order valence-electron chi connectivity index (χ2n) is 4.05. The van der Waals surface area contributed by atoms with Gasteiger partial charge in [0.1, 0.15) is 0 Å². The minimum atomic E-state index is -0.238. The first-order chi connectivity index (χ1) is 7.66. The van der Waals surface area contributed by atoms with Gasteiger partial charge in [-0.3, -0.25) is 0 Å². The fourth-order valence-electron chi connectivity index (χ4n) is 2.05. The summed E-state index contributed by atoms with van der Waals surface area (Å²) in [5.41, 5.74) is 0.640. The molecule has 0 aliphatic heterocycles. The van der Waals surface area contributed by atoms with E-state index in [0.29, 0.717) is 21.6 Å². The van der Waals surface area contributed by atoms with E-state index in [1.54, 1.807) is 0 Å². The van der Waals surface area contributed by atoms with Gasteiger partial charge in [0.05, 0.1) is 0 Å². The van der Waals surface area contributed by atoms with E-state index >= 15 is 0 Å². The van der Waals surface area contributed by atoms with Gasteiger partial charge in [-0.15, -0.1) is 0 Å². The Balaban J connectivity index is 2.29. The van der Waals surface area contributed by atoms with Gasteiger partial charge in [0.15, 0.2) is 0 Å². The summed E-state index contributed by atoms with van der Waals surface area (Å²) in [6.45, 7) is 0. The molecule has 16 heavy (non-hydrogen) atoms. The molecule has 1 atom stereocenters. The van der Waals surface area contributed by atoms with E-state index in [2.05, 4.69) is 9.97 Å². The molecule has 1 saturated carbocycles. The summed E-state index contributed by atoms with van der Waals surface area (Å²) in [7, 11) is 0. The van der Waals surface area contributed by atoms with Crippen LogP contribution in [-0.2, 0) is 0 Å². The molecule has 1 fully saturated rings. The molecule has 2 aromatic rings. The van der Waals surface area contributed by atoms with E-state index in [1.165, 1.54) is 29.5 Å². The van der Waals surface area contributed by atoms with Crippen molar-refractivity contribution in [2.45, 2.75) is 25.3 Å². The van der Waals surface area contributed by atoms with E-state index < -0.39 is 0 Å². The van der Waals surface area contributed by atoms with Crippen molar-refractivity contribution < 1.29 is 4.39 Å². The first-order valence-electron chi connectivity index (χ1n) is 5.16. The van der Waals surface area contributed by atoms with E-state index in [0.717, 1.165) is 12.8 Å². The van der Waals surface area contributed by atoms with Crippen LogP contribution in [-0.4, -0.2) is 31.4 Å². The van der Waals surface area contributed by atoms with Gasteiger partial charge in [0.2, 0.25) is 0 Å². The summed E-state index contributed by atoms with van der Waals surface area (Å²) in [6, 6.07) is 0.380. The molecule has 0 spiro atoms. The Labute approximate surface area is 106 Å². The number of hydrogen-bond donors (Lipinski definition) is 0. The summed E-state index contributed by atoms with van der Waals surface area (Å²) in [5, 5.41) is 0.724. The number of aromatic nitrogens is 3. The number of hydrogen-bond acceptors (Lipinski definition) is 2. The maximum atomic E-state index is 13.8. The number of halogens is 2. The average molecular weight is 302 g/mol. The molecule has 2 aromatic heterocycles. The van der Waals surface area contributed by atoms with E-state index in [4.69, 9.17) is 11.6 Å². The molecule has 1 aliphatic carbocycles. The van der Waals surface area contributed by atoms with Crippen LogP contribution < -0.4 is 4.48 Å².